The van der Waals surface area contributed by atoms with Crippen molar-refractivity contribution in [3.8, 4) is 5.75 Å². The van der Waals surface area contributed by atoms with Crippen molar-refractivity contribution in [2.45, 2.75) is 11.4 Å². The van der Waals surface area contributed by atoms with Gasteiger partial charge in [0.2, 0.25) is 10.0 Å². The van der Waals surface area contributed by atoms with Crippen molar-refractivity contribution < 1.29 is 13.2 Å². The van der Waals surface area contributed by atoms with Crippen LogP contribution in [0.4, 0.5) is 0 Å². The molecule has 2 aromatic carbocycles. The molecule has 0 aliphatic carbocycles. The van der Waals surface area contributed by atoms with E-state index in [0.717, 1.165) is 9.13 Å². The quantitative estimate of drug-likeness (QED) is 0.729. The first-order valence-electron chi connectivity index (χ1n) is 6.00. The van der Waals surface area contributed by atoms with E-state index in [-0.39, 0.29) is 17.2 Å². The summed E-state index contributed by atoms with van der Waals surface area (Å²) in [4.78, 5) is 0.0307. The molecule has 0 saturated carbocycles. The molecule has 0 unspecified atom stereocenters. The third-order valence-electron chi connectivity index (χ3n) is 2.77. The van der Waals surface area contributed by atoms with E-state index in [2.05, 4.69) is 27.3 Å². The van der Waals surface area contributed by atoms with Gasteiger partial charge in [0.15, 0.2) is 0 Å². The maximum Gasteiger partial charge on any atom is 0.244 e. The lowest BCUT2D eigenvalue weighted by atomic mass is 10.2. The Kier molecular flexibility index (Phi) is 5.48. The van der Waals surface area contributed by atoms with Crippen LogP contribution < -0.4 is 9.46 Å². The monoisotopic (exact) mass is 437 g/mol. The smallest absolute Gasteiger partial charge is 0.244 e. The van der Waals surface area contributed by atoms with E-state index in [1.54, 1.807) is 6.07 Å². The molecule has 2 rings (SSSR count). The Hall–Kier alpha value is -0.830. The van der Waals surface area contributed by atoms with Crippen LogP contribution >= 0.6 is 34.2 Å². The zero-order chi connectivity index (χ0) is 15.5. The SMILES string of the molecule is COc1ccc(Cl)cc1S(=O)(=O)NCc1cccc(I)c1. The Morgan fingerprint density at radius 2 is 2.00 bits per heavy atom. The molecule has 0 spiro atoms. The lowest BCUT2D eigenvalue weighted by Crippen LogP contribution is -2.23. The molecule has 21 heavy (non-hydrogen) atoms. The molecule has 0 saturated heterocycles. The van der Waals surface area contributed by atoms with E-state index >= 15 is 0 Å². The highest BCUT2D eigenvalue weighted by molar-refractivity contribution is 14.1. The maximum atomic E-state index is 12.4. The first-order valence-corrected chi connectivity index (χ1v) is 8.94. The lowest BCUT2D eigenvalue weighted by molar-refractivity contribution is 0.402. The molecule has 7 heteroatoms. The Morgan fingerprint density at radius 3 is 2.67 bits per heavy atom. The zero-order valence-corrected chi connectivity index (χ0v) is 14.9. The summed E-state index contributed by atoms with van der Waals surface area (Å²) in [5.74, 6) is 0.259. The Labute approximate surface area is 142 Å². The normalized spacial score (nSPS) is 11.4. The second kappa shape index (κ2) is 6.95. The Morgan fingerprint density at radius 1 is 1.24 bits per heavy atom. The van der Waals surface area contributed by atoms with Crippen LogP contribution in [0.15, 0.2) is 47.4 Å². The first kappa shape index (κ1) is 16.5. The summed E-state index contributed by atoms with van der Waals surface area (Å²) in [6, 6.07) is 12.1. The number of sulfonamides is 1. The van der Waals surface area contributed by atoms with Crippen LogP contribution in [0.3, 0.4) is 0 Å². The number of nitrogens with one attached hydrogen (secondary N) is 1. The first-order chi connectivity index (χ1) is 9.92. The Balaban J connectivity index is 2.24. The van der Waals surface area contributed by atoms with Gasteiger partial charge in [-0.1, -0.05) is 23.7 Å². The minimum atomic E-state index is -3.70. The summed E-state index contributed by atoms with van der Waals surface area (Å²) in [6.07, 6.45) is 0. The molecule has 4 nitrogen and oxygen atoms in total. The van der Waals surface area contributed by atoms with Gasteiger partial charge in [-0.15, -0.1) is 0 Å². The van der Waals surface area contributed by atoms with E-state index in [0.29, 0.717) is 5.02 Å². The van der Waals surface area contributed by atoms with Crippen LogP contribution in [0.25, 0.3) is 0 Å². The number of halogens is 2. The summed E-state index contributed by atoms with van der Waals surface area (Å²) >= 11 is 8.05. The van der Waals surface area contributed by atoms with Crippen molar-refractivity contribution in [1.29, 1.82) is 0 Å². The summed E-state index contributed by atoms with van der Waals surface area (Å²) in [6.45, 7) is 0.203. The molecule has 0 atom stereocenters. The summed E-state index contributed by atoms with van der Waals surface area (Å²) in [5, 5.41) is 0.338. The van der Waals surface area contributed by atoms with E-state index in [4.69, 9.17) is 16.3 Å². The van der Waals surface area contributed by atoms with Crippen LogP contribution in [0, 0.1) is 3.57 Å². The van der Waals surface area contributed by atoms with Crippen molar-refractivity contribution >= 4 is 44.2 Å². The van der Waals surface area contributed by atoms with E-state index in [1.807, 2.05) is 24.3 Å². The topological polar surface area (TPSA) is 55.4 Å². The average Bonchev–Trinajstić information content (AvgIpc) is 2.45. The van der Waals surface area contributed by atoms with Crippen LogP contribution in [-0.2, 0) is 16.6 Å². The molecule has 0 bridgehead atoms. The molecule has 0 aliphatic rings. The number of methoxy groups -OCH3 is 1. The predicted octanol–water partition coefficient (Wildman–Crippen LogP) is 3.43. The summed E-state index contributed by atoms with van der Waals surface area (Å²) in [5.41, 5.74) is 0.881. The van der Waals surface area contributed by atoms with Crippen LogP contribution in [0.5, 0.6) is 5.75 Å². The van der Waals surface area contributed by atoms with Gasteiger partial charge in [0.05, 0.1) is 7.11 Å². The maximum absolute atomic E-state index is 12.4. The van der Waals surface area contributed by atoms with Gasteiger partial charge in [0.1, 0.15) is 10.6 Å². The number of rotatable bonds is 5. The van der Waals surface area contributed by atoms with Gasteiger partial charge in [-0.3, -0.25) is 0 Å². The molecule has 0 radical (unpaired) electrons. The molecule has 2 aromatic rings. The van der Waals surface area contributed by atoms with Crippen molar-refractivity contribution in [1.82, 2.24) is 4.72 Å². The van der Waals surface area contributed by atoms with Crippen molar-refractivity contribution in [3.05, 3.63) is 56.6 Å². The van der Waals surface area contributed by atoms with Gasteiger partial charge in [-0.05, 0) is 58.5 Å². The van der Waals surface area contributed by atoms with Gasteiger partial charge >= 0.3 is 0 Å². The summed E-state index contributed by atoms with van der Waals surface area (Å²) < 4.78 is 33.4. The molecular formula is C14H13ClINO3S. The fourth-order valence-electron chi connectivity index (χ4n) is 1.76. The second-order valence-electron chi connectivity index (χ2n) is 4.25. The second-order valence-corrected chi connectivity index (χ2v) is 7.67. The van der Waals surface area contributed by atoms with Crippen molar-refractivity contribution in [3.63, 3.8) is 0 Å². The molecule has 112 valence electrons. The van der Waals surface area contributed by atoms with Crippen LogP contribution in [-0.4, -0.2) is 15.5 Å². The van der Waals surface area contributed by atoms with Gasteiger partial charge in [0, 0.05) is 15.1 Å². The molecule has 0 heterocycles. The minimum absolute atomic E-state index is 0.0307. The lowest BCUT2D eigenvalue weighted by Gasteiger charge is -2.11. The minimum Gasteiger partial charge on any atom is -0.495 e. The summed E-state index contributed by atoms with van der Waals surface area (Å²) in [7, 11) is -2.28. The third-order valence-corrected chi connectivity index (χ3v) is 5.10. The highest BCUT2D eigenvalue weighted by Crippen LogP contribution is 2.27. The highest BCUT2D eigenvalue weighted by Gasteiger charge is 2.19. The van der Waals surface area contributed by atoms with Crippen LogP contribution in [0.1, 0.15) is 5.56 Å². The van der Waals surface area contributed by atoms with Gasteiger partial charge < -0.3 is 4.74 Å². The largest absolute Gasteiger partial charge is 0.495 e. The molecular weight excluding hydrogens is 425 g/mol. The molecule has 0 aromatic heterocycles. The van der Waals surface area contributed by atoms with Gasteiger partial charge in [-0.25, -0.2) is 13.1 Å². The predicted molar refractivity (Wildman–Crippen MR) is 91.2 cm³/mol. The number of hydrogen-bond acceptors (Lipinski definition) is 3. The molecule has 0 fully saturated rings. The van der Waals surface area contributed by atoms with Gasteiger partial charge in [0.25, 0.3) is 0 Å². The average molecular weight is 438 g/mol. The van der Waals surface area contributed by atoms with Crippen molar-refractivity contribution in [2.75, 3.05) is 7.11 Å². The van der Waals surface area contributed by atoms with E-state index in [1.165, 1.54) is 19.2 Å². The van der Waals surface area contributed by atoms with E-state index < -0.39 is 10.0 Å². The fourth-order valence-corrected chi connectivity index (χ4v) is 3.82. The zero-order valence-electron chi connectivity index (χ0n) is 11.1. The number of ether oxygens (including phenoxy) is 1. The molecule has 1 N–H and O–H groups in total. The number of hydrogen-bond donors (Lipinski definition) is 1. The van der Waals surface area contributed by atoms with E-state index in [9.17, 15) is 8.42 Å². The highest BCUT2D eigenvalue weighted by atomic mass is 127. The van der Waals surface area contributed by atoms with Gasteiger partial charge in [-0.2, -0.15) is 0 Å². The standard InChI is InChI=1S/C14H13ClINO3S/c1-20-13-6-5-11(15)8-14(13)21(18,19)17-9-10-3-2-4-12(16)7-10/h2-8,17H,9H2,1H3. The van der Waals surface area contributed by atoms with Crippen LogP contribution in [0.2, 0.25) is 5.02 Å². The fraction of sp³-hybridized carbons (Fsp3) is 0.143. The third kappa shape index (κ3) is 4.32. The number of benzene rings is 2. The molecule has 0 aliphatic heterocycles. The molecule has 0 amide bonds. The van der Waals surface area contributed by atoms with Crippen molar-refractivity contribution in [2.24, 2.45) is 0 Å². The Bertz CT molecular complexity index is 750.